The van der Waals surface area contributed by atoms with Crippen molar-refractivity contribution in [3.05, 3.63) is 53.5 Å². The van der Waals surface area contributed by atoms with Gasteiger partial charge in [0, 0.05) is 43.2 Å². The molecule has 0 aliphatic carbocycles. The van der Waals surface area contributed by atoms with E-state index in [4.69, 9.17) is 0 Å². The third kappa shape index (κ3) is 5.36. The maximum Gasteiger partial charge on any atom is 0.213 e. The number of carbonyl (C=O) groups excluding carboxylic acids is 1. The lowest BCUT2D eigenvalue weighted by Crippen LogP contribution is -2.28. The summed E-state index contributed by atoms with van der Waals surface area (Å²) in [5.74, 6) is 6.20. The predicted molar refractivity (Wildman–Crippen MR) is 105 cm³/mol. The quantitative estimate of drug-likeness (QED) is 0.637. The number of hydrogen-bond acceptors (Lipinski definition) is 6. The average Bonchev–Trinajstić information content (AvgIpc) is 2.95. The van der Waals surface area contributed by atoms with Crippen molar-refractivity contribution >= 4 is 11.6 Å². The minimum atomic E-state index is -1.10. The number of ketones is 1. The Balaban J connectivity index is 1.83. The van der Waals surface area contributed by atoms with Gasteiger partial charge in [-0.1, -0.05) is 17.9 Å². The van der Waals surface area contributed by atoms with Crippen molar-refractivity contribution in [1.29, 1.82) is 0 Å². The van der Waals surface area contributed by atoms with Crippen LogP contribution in [0.4, 0.5) is 5.82 Å². The third-order valence-electron chi connectivity index (χ3n) is 4.14. The topological polar surface area (TPSA) is 78.4 Å². The highest BCUT2D eigenvalue weighted by atomic mass is 16.3. The number of carbonyl (C=O) groups is 1. The fourth-order valence-corrected chi connectivity index (χ4v) is 2.81. The van der Waals surface area contributed by atoms with Crippen LogP contribution in [-0.4, -0.2) is 52.6 Å². The summed E-state index contributed by atoms with van der Waals surface area (Å²) in [6.45, 7) is 6.91. The van der Waals surface area contributed by atoms with Crippen LogP contribution in [0.25, 0.3) is 0 Å². The Morgan fingerprint density at radius 1 is 1.26 bits per heavy atom. The Labute approximate surface area is 159 Å². The molecule has 3 rings (SSSR count). The zero-order valence-electron chi connectivity index (χ0n) is 15.7. The summed E-state index contributed by atoms with van der Waals surface area (Å²) < 4.78 is 0. The first-order valence-electron chi connectivity index (χ1n) is 9.10. The first-order valence-corrected chi connectivity index (χ1v) is 9.10. The van der Waals surface area contributed by atoms with Crippen molar-refractivity contribution in [3.63, 3.8) is 0 Å². The van der Waals surface area contributed by atoms with Crippen LogP contribution >= 0.6 is 0 Å². The van der Waals surface area contributed by atoms with Crippen molar-refractivity contribution in [2.24, 2.45) is 0 Å². The Bertz CT molecular complexity index is 869. The average molecular weight is 364 g/mol. The Morgan fingerprint density at radius 2 is 2.11 bits per heavy atom. The van der Waals surface area contributed by atoms with E-state index in [2.05, 4.69) is 32.0 Å². The monoisotopic (exact) mass is 364 g/mol. The molecule has 1 saturated heterocycles. The lowest BCUT2D eigenvalue weighted by Gasteiger charge is -2.21. The van der Waals surface area contributed by atoms with E-state index in [9.17, 15) is 9.90 Å². The molecule has 6 nitrogen and oxygen atoms in total. The molecule has 140 valence electrons. The van der Waals surface area contributed by atoms with E-state index in [0.29, 0.717) is 16.8 Å². The second-order valence-corrected chi connectivity index (χ2v) is 7.07. The van der Waals surface area contributed by atoms with Gasteiger partial charge in [-0.25, -0.2) is 4.98 Å². The van der Waals surface area contributed by atoms with Crippen molar-refractivity contribution in [2.75, 3.05) is 31.1 Å². The number of aliphatic hydroxyl groups is 1. The molecular formula is C21H24N4O2. The molecule has 3 heterocycles. The van der Waals surface area contributed by atoms with Gasteiger partial charge < -0.3 is 15.3 Å². The summed E-state index contributed by atoms with van der Waals surface area (Å²) >= 11 is 0. The first kappa shape index (κ1) is 19.0. The standard InChI is InChI=1S/C21H24N4O2/c1-21(2,27)8-7-16-13-17(15-23-14-16)20(26)18-5-3-6-19(24-18)25-11-4-9-22-10-12-25/h3,5-6,13-15,22,27H,4,9-12H2,1-2H3. The predicted octanol–water partition coefficient (Wildman–Crippen LogP) is 1.63. The van der Waals surface area contributed by atoms with Crippen molar-refractivity contribution in [2.45, 2.75) is 25.9 Å². The number of nitrogens with one attached hydrogen (secondary N) is 1. The van der Waals surface area contributed by atoms with Crippen molar-refractivity contribution < 1.29 is 9.90 Å². The van der Waals surface area contributed by atoms with Gasteiger partial charge in [0.15, 0.2) is 0 Å². The van der Waals surface area contributed by atoms with Gasteiger partial charge in [0.25, 0.3) is 0 Å². The van der Waals surface area contributed by atoms with E-state index in [0.717, 1.165) is 38.4 Å². The zero-order valence-corrected chi connectivity index (χ0v) is 15.7. The second-order valence-electron chi connectivity index (χ2n) is 7.07. The molecular weight excluding hydrogens is 340 g/mol. The molecule has 2 aromatic heterocycles. The van der Waals surface area contributed by atoms with E-state index >= 15 is 0 Å². The van der Waals surface area contributed by atoms with E-state index < -0.39 is 5.60 Å². The van der Waals surface area contributed by atoms with Gasteiger partial charge in [0.1, 0.15) is 17.1 Å². The van der Waals surface area contributed by atoms with Gasteiger partial charge in [-0.3, -0.25) is 9.78 Å². The summed E-state index contributed by atoms with van der Waals surface area (Å²) in [5.41, 5.74) is 0.300. The molecule has 0 radical (unpaired) electrons. The van der Waals surface area contributed by atoms with Gasteiger partial charge in [-0.2, -0.15) is 0 Å². The van der Waals surface area contributed by atoms with Crippen molar-refractivity contribution in [3.8, 4) is 11.8 Å². The lowest BCUT2D eigenvalue weighted by molar-refractivity contribution is 0.103. The molecule has 27 heavy (non-hydrogen) atoms. The zero-order chi connectivity index (χ0) is 19.3. The van der Waals surface area contributed by atoms with Gasteiger partial charge in [0.05, 0.1) is 0 Å². The van der Waals surface area contributed by atoms with Crippen LogP contribution in [0.15, 0.2) is 36.7 Å². The lowest BCUT2D eigenvalue weighted by atomic mass is 10.1. The van der Waals surface area contributed by atoms with Gasteiger partial charge in [0.2, 0.25) is 5.78 Å². The first-order chi connectivity index (χ1) is 12.9. The summed E-state index contributed by atoms with van der Waals surface area (Å²) in [5, 5.41) is 13.1. The highest BCUT2D eigenvalue weighted by Gasteiger charge is 2.16. The number of rotatable bonds is 3. The normalized spacial score (nSPS) is 14.9. The van der Waals surface area contributed by atoms with Crippen LogP contribution in [0.1, 0.15) is 41.9 Å². The fourth-order valence-electron chi connectivity index (χ4n) is 2.81. The molecule has 1 aliphatic rings. The molecule has 1 fully saturated rings. The molecule has 2 aromatic rings. The maximum atomic E-state index is 12.9. The van der Waals surface area contributed by atoms with Gasteiger partial charge in [-0.05, 0) is 45.0 Å². The van der Waals surface area contributed by atoms with Crippen LogP contribution in [0, 0.1) is 11.8 Å². The fraction of sp³-hybridized carbons (Fsp3) is 0.381. The van der Waals surface area contributed by atoms with Crippen LogP contribution in [-0.2, 0) is 0 Å². The Morgan fingerprint density at radius 3 is 2.93 bits per heavy atom. The number of aromatic nitrogens is 2. The number of pyridine rings is 2. The van der Waals surface area contributed by atoms with Gasteiger partial charge in [-0.15, -0.1) is 0 Å². The van der Waals surface area contributed by atoms with Crippen LogP contribution in [0.2, 0.25) is 0 Å². The SMILES string of the molecule is CC(C)(O)C#Cc1cncc(C(=O)c2cccc(N3CCCNCC3)n2)c1. The minimum Gasteiger partial charge on any atom is -0.378 e. The Kier molecular flexibility index (Phi) is 5.84. The molecule has 6 heteroatoms. The number of nitrogens with zero attached hydrogens (tertiary/aromatic N) is 3. The number of hydrogen-bond donors (Lipinski definition) is 2. The van der Waals surface area contributed by atoms with Crippen LogP contribution < -0.4 is 10.2 Å². The summed E-state index contributed by atoms with van der Waals surface area (Å²) in [7, 11) is 0. The number of anilines is 1. The molecule has 0 unspecified atom stereocenters. The largest absolute Gasteiger partial charge is 0.378 e. The maximum absolute atomic E-state index is 12.9. The van der Waals surface area contributed by atoms with Gasteiger partial charge >= 0.3 is 0 Å². The third-order valence-corrected chi connectivity index (χ3v) is 4.14. The van der Waals surface area contributed by atoms with Crippen molar-refractivity contribution in [1.82, 2.24) is 15.3 Å². The molecule has 2 N–H and O–H groups in total. The van der Waals surface area contributed by atoms with E-state index in [1.807, 2.05) is 12.1 Å². The highest BCUT2D eigenvalue weighted by molar-refractivity contribution is 6.07. The summed E-state index contributed by atoms with van der Waals surface area (Å²) in [4.78, 5) is 23.7. The van der Waals surface area contributed by atoms with E-state index in [-0.39, 0.29) is 5.78 Å². The van der Waals surface area contributed by atoms with Crippen LogP contribution in [0.3, 0.4) is 0 Å². The Hall–Kier alpha value is -2.75. The van der Waals surface area contributed by atoms with Crippen LogP contribution in [0.5, 0.6) is 0 Å². The van der Waals surface area contributed by atoms with E-state index in [1.165, 1.54) is 6.20 Å². The molecule has 0 spiro atoms. The van der Waals surface area contributed by atoms with E-state index in [1.54, 1.807) is 32.2 Å². The molecule has 0 amide bonds. The molecule has 0 bridgehead atoms. The molecule has 1 aliphatic heterocycles. The summed E-state index contributed by atoms with van der Waals surface area (Å²) in [6.07, 6.45) is 4.14. The molecule has 0 aromatic carbocycles. The second kappa shape index (κ2) is 8.30. The molecule has 0 atom stereocenters. The minimum absolute atomic E-state index is 0.191. The summed E-state index contributed by atoms with van der Waals surface area (Å²) in [6, 6.07) is 7.19. The smallest absolute Gasteiger partial charge is 0.213 e. The highest BCUT2D eigenvalue weighted by Crippen LogP contribution is 2.15. The molecule has 0 saturated carbocycles.